The molecule has 1 aromatic heterocycles. The van der Waals surface area contributed by atoms with Gasteiger partial charge in [0.05, 0.1) is 5.88 Å². The van der Waals surface area contributed by atoms with Crippen LogP contribution in [0, 0.1) is 0 Å². The summed E-state index contributed by atoms with van der Waals surface area (Å²) < 4.78 is 1.99. The molecule has 0 radical (unpaired) electrons. The van der Waals surface area contributed by atoms with E-state index in [2.05, 4.69) is 36.0 Å². The van der Waals surface area contributed by atoms with Gasteiger partial charge in [0.25, 0.3) is 0 Å². The molecule has 0 saturated heterocycles. The number of rotatable bonds is 5. The molecule has 0 aromatic carbocycles. The topological polar surface area (TPSA) is 34.0 Å². The van der Waals surface area contributed by atoms with Gasteiger partial charge < -0.3 is 9.47 Å². The molecule has 4 nitrogen and oxygen atoms in total. The number of alkyl halides is 1. The van der Waals surface area contributed by atoms with Crippen LogP contribution in [-0.2, 0) is 12.4 Å². The van der Waals surface area contributed by atoms with E-state index < -0.39 is 0 Å². The first-order valence-electron chi connectivity index (χ1n) is 4.78. The Labute approximate surface area is 89.9 Å². The van der Waals surface area contributed by atoms with Gasteiger partial charge in [-0.15, -0.1) is 21.8 Å². The third-order valence-electron chi connectivity index (χ3n) is 2.39. The second-order valence-electron chi connectivity index (χ2n) is 3.65. The van der Waals surface area contributed by atoms with Crippen molar-refractivity contribution in [3.05, 3.63) is 12.2 Å². The fraction of sp³-hybridized carbons (Fsp3) is 0.778. The average molecular weight is 217 g/mol. The minimum absolute atomic E-state index is 0.422. The molecule has 0 bridgehead atoms. The summed E-state index contributed by atoms with van der Waals surface area (Å²) in [5, 5.41) is 7.75. The lowest BCUT2D eigenvalue weighted by Crippen LogP contribution is -2.29. The zero-order chi connectivity index (χ0) is 10.6. The van der Waals surface area contributed by atoms with E-state index in [4.69, 9.17) is 11.6 Å². The monoisotopic (exact) mass is 216 g/mol. The summed E-state index contributed by atoms with van der Waals surface area (Å²) >= 11 is 5.71. The van der Waals surface area contributed by atoms with Crippen LogP contribution < -0.4 is 0 Å². The van der Waals surface area contributed by atoms with E-state index in [0.717, 1.165) is 18.9 Å². The minimum atomic E-state index is 0.422. The predicted octanol–water partition coefficient (Wildman–Crippen LogP) is 1.36. The number of aromatic nitrogens is 3. The third kappa shape index (κ3) is 2.96. The number of nitrogens with zero attached hydrogens (tertiary/aromatic N) is 4. The average Bonchev–Trinajstić information content (AvgIpc) is 2.60. The second-order valence-corrected chi connectivity index (χ2v) is 3.92. The van der Waals surface area contributed by atoms with Crippen LogP contribution in [0.5, 0.6) is 0 Å². The van der Waals surface area contributed by atoms with E-state index in [1.54, 1.807) is 6.33 Å². The van der Waals surface area contributed by atoms with Gasteiger partial charge >= 0.3 is 0 Å². The molecule has 0 spiro atoms. The summed E-state index contributed by atoms with van der Waals surface area (Å²) in [6.45, 7) is 6.23. The number of hydrogen-bond donors (Lipinski definition) is 0. The molecule has 0 aliphatic rings. The summed E-state index contributed by atoms with van der Waals surface area (Å²) in [5.41, 5.74) is 0. The summed E-state index contributed by atoms with van der Waals surface area (Å²) in [6, 6.07) is 0.561. The van der Waals surface area contributed by atoms with E-state index in [9.17, 15) is 0 Å². The molecule has 0 aliphatic carbocycles. The Hall–Kier alpha value is -0.610. The van der Waals surface area contributed by atoms with Crippen LogP contribution in [0.15, 0.2) is 6.33 Å². The van der Waals surface area contributed by atoms with Gasteiger partial charge in [-0.05, 0) is 20.9 Å². The van der Waals surface area contributed by atoms with Crippen LogP contribution in [0.2, 0.25) is 0 Å². The maximum absolute atomic E-state index is 5.71. The van der Waals surface area contributed by atoms with E-state index in [1.165, 1.54) is 0 Å². The van der Waals surface area contributed by atoms with Gasteiger partial charge in [-0.1, -0.05) is 0 Å². The van der Waals surface area contributed by atoms with Crippen LogP contribution in [0.1, 0.15) is 19.7 Å². The van der Waals surface area contributed by atoms with Gasteiger partial charge in [0, 0.05) is 19.1 Å². The van der Waals surface area contributed by atoms with E-state index in [0.29, 0.717) is 11.9 Å². The van der Waals surface area contributed by atoms with Crippen molar-refractivity contribution in [1.82, 2.24) is 19.7 Å². The summed E-state index contributed by atoms with van der Waals surface area (Å²) in [6.07, 6.45) is 1.73. The first-order valence-corrected chi connectivity index (χ1v) is 5.31. The third-order valence-corrected chi connectivity index (χ3v) is 2.63. The number of likely N-dealkylation sites (N-methyl/N-ethyl adjacent to an activating group) is 1. The molecule has 0 saturated carbocycles. The van der Waals surface area contributed by atoms with Crippen LogP contribution in [0.25, 0.3) is 0 Å². The lowest BCUT2D eigenvalue weighted by atomic mass is 10.3. The van der Waals surface area contributed by atoms with Gasteiger partial charge in [-0.2, -0.15) is 0 Å². The van der Waals surface area contributed by atoms with Gasteiger partial charge in [-0.25, -0.2) is 0 Å². The molecule has 14 heavy (non-hydrogen) atoms. The van der Waals surface area contributed by atoms with E-state index in [-0.39, 0.29) is 0 Å². The summed E-state index contributed by atoms with van der Waals surface area (Å²) in [7, 11) is 2.11. The highest BCUT2D eigenvalue weighted by Gasteiger charge is 2.05. The highest BCUT2D eigenvalue weighted by atomic mass is 35.5. The molecule has 0 atom stereocenters. The maximum atomic E-state index is 5.71. The normalized spacial score (nSPS) is 11.6. The van der Waals surface area contributed by atoms with Crippen LogP contribution in [0.3, 0.4) is 0 Å². The molecular formula is C9H17ClN4. The van der Waals surface area contributed by atoms with Crippen molar-refractivity contribution in [3.8, 4) is 0 Å². The minimum Gasteiger partial charge on any atom is -0.315 e. The quantitative estimate of drug-likeness (QED) is 0.697. The first-order chi connectivity index (χ1) is 6.65. The van der Waals surface area contributed by atoms with Gasteiger partial charge in [0.2, 0.25) is 0 Å². The Balaban J connectivity index is 2.45. The van der Waals surface area contributed by atoms with Crippen LogP contribution in [-0.4, -0.2) is 39.3 Å². The van der Waals surface area contributed by atoms with Gasteiger partial charge in [-0.3, -0.25) is 0 Å². The summed E-state index contributed by atoms with van der Waals surface area (Å²) in [4.78, 5) is 2.28. The van der Waals surface area contributed by atoms with Crippen molar-refractivity contribution in [2.24, 2.45) is 0 Å². The van der Waals surface area contributed by atoms with Crippen molar-refractivity contribution in [3.63, 3.8) is 0 Å². The fourth-order valence-electron chi connectivity index (χ4n) is 1.09. The Morgan fingerprint density at radius 2 is 2.29 bits per heavy atom. The molecule has 0 unspecified atom stereocenters. The smallest absolute Gasteiger partial charge is 0.147 e. The molecule has 1 rings (SSSR count). The zero-order valence-corrected chi connectivity index (χ0v) is 9.70. The second kappa shape index (κ2) is 5.32. The summed E-state index contributed by atoms with van der Waals surface area (Å²) in [5.74, 6) is 1.26. The van der Waals surface area contributed by atoms with E-state index in [1.807, 2.05) is 4.57 Å². The SMILES string of the molecule is CC(C)N(C)CCn1cnnc1CCl. The Morgan fingerprint density at radius 3 is 2.86 bits per heavy atom. The predicted molar refractivity (Wildman–Crippen MR) is 57.3 cm³/mol. The maximum Gasteiger partial charge on any atom is 0.147 e. The molecule has 0 amide bonds. The molecular weight excluding hydrogens is 200 g/mol. The molecule has 0 fully saturated rings. The highest BCUT2D eigenvalue weighted by Crippen LogP contribution is 2.01. The molecule has 0 aliphatic heterocycles. The number of halogens is 1. The molecule has 5 heteroatoms. The van der Waals surface area contributed by atoms with Crippen molar-refractivity contribution < 1.29 is 0 Å². The van der Waals surface area contributed by atoms with Crippen LogP contribution in [0.4, 0.5) is 0 Å². The molecule has 0 N–H and O–H groups in total. The Kier molecular flexibility index (Phi) is 4.35. The Bertz CT molecular complexity index is 272. The standard InChI is InChI=1S/C9H17ClN4/c1-8(2)13(3)4-5-14-7-11-12-9(14)6-10/h7-8H,4-6H2,1-3H3. The van der Waals surface area contributed by atoms with Crippen molar-refractivity contribution in [2.45, 2.75) is 32.3 Å². The highest BCUT2D eigenvalue weighted by molar-refractivity contribution is 6.16. The molecule has 80 valence electrons. The lowest BCUT2D eigenvalue weighted by molar-refractivity contribution is 0.262. The largest absolute Gasteiger partial charge is 0.315 e. The molecule has 1 heterocycles. The van der Waals surface area contributed by atoms with Crippen molar-refractivity contribution in [1.29, 1.82) is 0 Å². The van der Waals surface area contributed by atoms with Crippen molar-refractivity contribution >= 4 is 11.6 Å². The zero-order valence-electron chi connectivity index (χ0n) is 8.94. The Morgan fingerprint density at radius 1 is 1.57 bits per heavy atom. The van der Waals surface area contributed by atoms with Crippen LogP contribution >= 0.6 is 11.6 Å². The van der Waals surface area contributed by atoms with Gasteiger partial charge in [0.15, 0.2) is 0 Å². The fourth-order valence-corrected chi connectivity index (χ4v) is 1.30. The van der Waals surface area contributed by atoms with E-state index >= 15 is 0 Å². The molecule has 1 aromatic rings. The van der Waals surface area contributed by atoms with Crippen molar-refractivity contribution in [2.75, 3.05) is 13.6 Å². The first kappa shape index (κ1) is 11.5. The number of hydrogen-bond acceptors (Lipinski definition) is 3. The lowest BCUT2D eigenvalue weighted by Gasteiger charge is -2.21. The van der Waals surface area contributed by atoms with Gasteiger partial charge in [0.1, 0.15) is 12.2 Å².